The summed E-state index contributed by atoms with van der Waals surface area (Å²) in [5.74, 6) is 2.57. The zero-order valence-corrected chi connectivity index (χ0v) is 10.7. The number of nitrogens with zero attached hydrogens (tertiary/aromatic N) is 3. The lowest BCUT2D eigenvalue weighted by Crippen LogP contribution is -2.41. The van der Waals surface area contributed by atoms with E-state index in [0.717, 1.165) is 23.9 Å². The van der Waals surface area contributed by atoms with E-state index in [-0.39, 0.29) is 5.69 Å². The van der Waals surface area contributed by atoms with Gasteiger partial charge in [-0.15, -0.1) is 0 Å². The molecule has 1 aromatic heterocycles. The molecule has 92 valence electrons. The summed E-state index contributed by atoms with van der Waals surface area (Å²) in [5, 5.41) is 0. The number of carbonyl (C=O) groups is 1. The summed E-state index contributed by atoms with van der Waals surface area (Å²) in [7, 11) is 1.34. The van der Waals surface area contributed by atoms with Crippen LogP contribution < -0.4 is 4.90 Å². The highest BCUT2D eigenvalue weighted by atomic mass is 32.2. The quantitative estimate of drug-likeness (QED) is 0.738. The number of esters is 1. The highest BCUT2D eigenvalue weighted by molar-refractivity contribution is 7.99. The van der Waals surface area contributed by atoms with E-state index in [2.05, 4.69) is 26.5 Å². The van der Waals surface area contributed by atoms with Crippen molar-refractivity contribution in [3.8, 4) is 0 Å². The van der Waals surface area contributed by atoms with Crippen LogP contribution in [0.2, 0.25) is 0 Å². The van der Waals surface area contributed by atoms with Crippen molar-refractivity contribution in [2.24, 2.45) is 0 Å². The fraction of sp³-hybridized carbons (Fsp3) is 0.545. The van der Waals surface area contributed by atoms with E-state index in [9.17, 15) is 4.79 Å². The van der Waals surface area contributed by atoms with Crippen LogP contribution in [0.4, 0.5) is 5.82 Å². The Morgan fingerprint density at radius 1 is 1.53 bits per heavy atom. The molecule has 0 bridgehead atoms. The summed E-state index contributed by atoms with van der Waals surface area (Å²) in [4.78, 5) is 21.8. The van der Waals surface area contributed by atoms with Crippen molar-refractivity contribution in [1.29, 1.82) is 0 Å². The highest BCUT2D eigenvalue weighted by Gasteiger charge is 2.20. The normalized spacial score (nSPS) is 20.1. The van der Waals surface area contributed by atoms with Gasteiger partial charge in [-0.25, -0.2) is 14.8 Å². The molecule has 0 radical (unpaired) electrons. The molecule has 1 atom stereocenters. The van der Waals surface area contributed by atoms with Gasteiger partial charge in [0.2, 0.25) is 0 Å². The number of hydrogen-bond donors (Lipinski definition) is 0. The number of thioether (sulfide) groups is 1. The van der Waals surface area contributed by atoms with Crippen LogP contribution in [0.15, 0.2) is 12.4 Å². The van der Waals surface area contributed by atoms with Crippen LogP contribution in [0.5, 0.6) is 0 Å². The average molecular weight is 253 g/mol. The van der Waals surface area contributed by atoms with Gasteiger partial charge in [-0.1, -0.05) is 0 Å². The van der Waals surface area contributed by atoms with Gasteiger partial charge in [0.1, 0.15) is 5.82 Å². The lowest BCUT2D eigenvalue weighted by molar-refractivity contribution is 0.0593. The van der Waals surface area contributed by atoms with Gasteiger partial charge < -0.3 is 9.64 Å². The minimum atomic E-state index is -0.453. The Kier molecular flexibility index (Phi) is 3.83. The summed E-state index contributed by atoms with van der Waals surface area (Å²) in [6.45, 7) is 3.14. The molecule has 17 heavy (non-hydrogen) atoms. The second kappa shape index (κ2) is 5.35. The van der Waals surface area contributed by atoms with E-state index in [1.807, 2.05) is 11.8 Å². The molecule has 0 N–H and O–H groups in total. The molecule has 1 saturated heterocycles. The summed E-state index contributed by atoms with van der Waals surface area (Å²) < 4.78 is 4.58. The van der Waals surface area contributed by atoms with Crippen molar-refractivity contribution in [3.63, 3.8) is 0 Å². The maximum Gasteiger partial charge on any atom is 0.358 e. The molecule has 0 spiro atoms. The molecular weight excluding hydrogens is 238 g/mol. The first kappa shape index (κ1) is 12.2. The smallest absolute Gasteiger partial charge is 0.358 e. The van der Waals surface area contributed by atoms with Gasteiger partial charge in [0.15, 0.2) is 5.69 Å². The van der Waals surface area contributed by atoms with Gasteiger partial charge in [-0.3, -0.25) is 0 Å². The Morgan fingerprint density at radius 3 is 2.94 bits per heavy atom. The zero-order valence-electron chi connectivity index (χ0n) is 9.92. The highest BCUT2D eigenvalue weighted by Crippen LogP contribution is 2.21. The maximum atomic E-state index is 11.2. The number of aromatic nitrogens is 2. The third kappa shape index (κ3) is 2.69. The number of carbonyl (C=O) groups excluding carboxylic acids is 1. The molecule has 0 amide bonds. The van der Waals surface area contributed by atoms with Crippen LogP contribution in [0.1, 0.15) is 17.4 Å². The van der Waals surface area contributed by atoms with Gasteiger partial charge >= 0.3 is 5.97 Å². The second-order valence-corrected chi connectivity index (χ2v) is 5.02. The van der Waals surface area contributed by atoms with E-state index in [1.165, 1.54) is 13.3 Å². The van der Waals surface area contributed by atoms with Crippen LogP contribution in [0.25, 0.3) is 0 Å². The largest absolute Gasteiger partial charge is 0.464 e. The predicted octanol–water partition coefficient (Wildman–Crippen LogP) is 1.20. The first-order valence-electron chi connectivity index (χ1n) is 5.47. The predicted molar refractivity (Wildman–Crippen MR) is 67.5 cm³/mol. The average Bonchev–Trinajstić information content (AvgIpc) is 2.39. The Bertz CT molecular complexity index is 396. The summed E-state index contributed by atoms with van der Waals surface area (Å²) in [6, 6.07) is 0.451. The number of ether oxygens (including phenoxy) is 1. The number of anilines is 1. The number of hydrogen-bond acceptors (Lipinski definition) is 6. The van der Waals surface area contributed by atoms with Gasteiger partial charge in [-0.05, 0) is 6.92 Å². The third-order valence-electron chi connectivity index (χ3n) is 2.69. The molecule has 0 aromatic carbocycles. The van der Waals surface area contributed by atoms with Gasteiger partial charge in [-0.2, -0.15) is 11.8 Å². The van der Waals surface area contributed by atoms with E-state index in [1.54, 1.807) is 6.20 Å². The Balaban J connectivity index is 2.14. The molecule has 5 nitrogen and oxygen atoms in total. The monoisotopic (exact) mass is 253 g/mol. The van der Waals surface area contributed by atoms with E-state index in [4.69, 9.17) is 0 Å². The maximum absolute atomic E-state index is 11.2. The van der Waals surface area contributed by atoms with Gasteiger partial charge in [0.25, 0.3) is 0 Å². The Labute approximate surface area is 105 Å². The fourth-order valence-corrected chi connectivity index (χ4v) is 2.76. The van der Waals surface area contributed by atoms with Crippen molar-refractivity contribution in [2.45, 2.75) is 13.0 Å². The molecule has 1 aromatic rings. The molecule has 1 unspecified atom stereocenters. The SMILES string of the molecule is COC(=O)c1cnc(N2CCSCC2C)cn1. The second-order valence-electron chi connectivity index (χ2n) is 3.87. The van der Waals surface area contributed by atoms with E-state index >= 15 is 0 Å². The number of methoxy groups -OCH3 is 1. The number of rotatable bonds is 2. The minimum Gasteiger partial charge on any atom is -0.464 e. The van der Waals surface area contributed by atoms with Crippen LogP contribution in [0, 0.1) is 0 Å². The fourth-order valence-electron chi connectivity index (χ4n) is 1.75. The molecule has 0 aliphatic carbocycles. The molecule has 0 saturated carbocycles. The molecule has 1 aliphatic rings. The van der Waals surface area contributed by atoms with Crippen molar-refractivity contribution >= 4 is 23.5 Å². The Hall–Kier alpha value is -1.30. The summed E-state index contributed by atoms with van der Waals surface area (Å²) >= 11 is 1.95. The van der Waals surface area contributed by atoms with Gasteiger partial charge in [0, 0.05) is 24.1 Å². The molecule has 2 rings (SSSR count). The van der Waals surface area contributed by atoms with Gasteiger partial charge in [0.05, 0.1) is 19.5 Å². The standard InChI is InChI=1S/C11H15N3O2S/c1-8-7-17-4-3-14(8)10-6-12-9(5-13-10)11(15)16-2/h5-6,8H,3-4,7H2,1-2H3. The first-order valence-corrected chi connectivity index (χ1v) is 6.62. The van der Waals surface area contributed by atoms with Crippen LogP contribution in [-0.4, -0.2) is 47.1 Å². The van der Waals surface area contributed by atoms with Crippen LogP contribution in [-0.2, 0) is 4.74 Å². The lowest BCUT2D eigenvalue weighted by Gasteiger charge is -2.33. The van der Waals surface area contributed by atoms with Crippen molar-refractivity contribution < 1.29 is 9.53 Å². The van der Waals surface area contributed by atoms with Crippen molar-refractivity contribution in [1.82, 2.24) is 9.97 Å². The molecule has 2 heterocycles. The third-order valence-corrected chi connectivity index (χ3v) is 3.88. The molecule has 1 fully saturated rings. The van der Waals surface area contributed by atoms with E-state index < -0.39 is 5.97 Å². The van der Waals surface area contributed by atoms with Crippen molar-refractivity contribution in [2.75, 3.05) is 30.1 Å². The zero-order chi connectivity index (χ0) is 12.3. The first-order chi connectivity index (χ1) is 8.22. The molecule has 6 heteroatoms. The summed E-state index contributed by atoms with van der Waals surface area (Å²) in [6.07, 6.45) is 3.11. The lowest BCUT2D eigenvalue weighted by atomic mass is 10.3. The molecular formula is C11H15N3O2S. The Morgan fingerprint density at radius 2 is 2.35 bits per heavy atom. The van der Waals surface area contributed by atoms with Crippen molar-refractivity contribution in [3.05, 3.63) is 18.1 Å². The summed E-state index contributed by atoms with van der Waals surface area (Å²) in [5.41, 5.74) is 0.246. The van der Waals surface area contributed by atoms with Crippen LogP contribution >= 0.6 is 11.8 Å². The topological polar surface area (TPSA) is 55.3 Å². The molecule has 1 aliphatic heterocycles. The van der Waals surface area contributed by atoms with E-state index in [0.29, 0.717) is 6.04 Å². The van der Waals surface area contributed by atoms with Crippen LogP contribution in [0.3, 0.4) is 0 Å². The minimum absolute atomic E-state index is 0.246.